The van der Waals surface area contributed by atoms with E-state index in [1.807, 2.05) is 31.9 Å². The maximum atomic E-state index is 14.6. The van der Waals surface area contributed by atoms with Crippen LogP contribution in [-0.2, 0) is 10.7 Å². The van der Waals surface area contributed by atoms with Crippen LogP contribution in [0.5, 0.6) is 0 Å². The van der Waals surface area contributed by atoms with Gasteiger partial charge in [0.25, 0.3) is 5.92 Å². The lowest BCUT2D eigenvalue weighted by Crippen LogP contribution is -2.47. The third kappa shape index (κ3) is 7.40. The second-order valence-electron chi connectivity index (χ2n) is 11.9. The number of likely N-dealkylation sites (tertiary alicyclic amines) is 1. The molecule has 2 heterocycles. The first-order chi connectivity index (χ1) is 18.5. The molecule has 39 heavy (non-hydrogen) atoms. The second kappa shape index (κ2) is 12.8. The molecular weight excluding hydrogens is 503 g/mol. The average molecular weight is 546 g/mol. The van der Waals surface area contributed by atoms with Crippen molar-refractivity contribution in [3.63, 3.8) is 0 Å². The lowest BCUT2D eigenvalue weighted by atomic mass is 9.86. The second-order valence-corrected chi connectivity index (χ2v) is 11.9. The Balaban J connectivity index is 1.37. The molecule has 1 aromatic heterocycles. The van der Waals surface area contributed by atoms with Gasteiger partial charge in [-0.2, -0.15) is 8.78 Å². The standard InChI is InChI=1S/C31H42F3N3O2/c1-21(2)29(30(38)39)36(3)26-18-24(27(19-26)23-7-6-8-25(32)17-23)20-37-15-11-22(12-16-37)10-13-31(33,34)28-9-4-5-14-35-28/h4-9,14,17,21-22,24,26-27,29H,10-13,15-16,18-20H2,1-3H3,(H,38,39)/t24?,26?,27?,29-/m1/s1. The molecule has 4 atom stereocenters. The Morgan fingerprint density at radius 3 is 2.51 bits per heavy atom. The zero-order valence-corrected chi connectivity index (χ0v) is 23.3. The molecule has 2 fully saturated rings. The van der Waals surface area contributed by atoms with E-state index in [0.717, 1.165) is 50.9 Å². The number of piperidine rings is 1. The van der Waals surface area contributed by atoms with E-state index < -0.39 is 17.9 Å². The van der Waals surface area contributed by atoms with E-state index in [1.54, 1.807) is 24.3 Å². The number of aromatic nitrogens is 1. The average Bonchev–Trinajstić information content (AvgIpc) is 3.32. The highest BCUT2D eigenvalue weighted by Crippen LogP contribution is 2.43. The number of hydrogen-bond acceptors (Lipinski definition) is 4. The Morgan fingerprint density at radius 2 is 1.90 bits per heavy atom. The molecule has 0 radical (unpaired) electrons. The first-order valence-electron chi connectivity index (χ1n) is 14.3. The molecule has 0 amide bonds. The van der Waals surface area contributed by atoms with Gasteiger partial charge in [-0.3, -0.25) is 14.7 Å². The Labute approximate surface area is 230 Å². The summed E-state index contributed by atoms with van der Waals surface area (Å²) in [5.41, 5.74) is 0.813. The molecule has 3 unspecified atom stereocenters. The molecule has 2 aliphatic rings. The third-order valence-electron chi connectivity index (χ3n) is 8.95. The van der Waals surface area contributed by atoms with Gasteiger partial charge in [-0.15, -0.1) is 0 Å². The fourth-order valence-corrected chi connectivity index (χ4v) is 6.81. The van der Waals surface area contributed by atoms with Crippen LogP contribution >= 0.6 is 0 Å². The first kappa shape index (κ1) is 29.5. The van der Waals surface area contributed by atoms with Gasteiger partial charge in [0.2, 0.25) is 0 Å². The van der Waals surface area contributed by atoms with Crippen molar-refractivity contribution in [1.82, 2.24) is 14.8 Å². The van der Waals surface area contributed by atoms with E-state index in [2.05, 4.69) is 9.88 Å². The van der Waals surface area contributed by atoms with E-state index in [1.165, 1.54) is 18.3 Å². The number of carbonyl (C=O) groups is 1. The summed E-state index contributed by atoms with van der Waals surface area (Å²) >= 11 is 0. The highest BCUT2D eigenvalue weighted by atomic mass is 19.3. The number of nitrogens with zero attached hydrogens (tertiary/aromatic N) is 3. The van der Waals surface area contributed by atoms with Crippen molar-refractivity contribution in [2.24, 2.45) is 17.8 Å². The van der Waals surface area contributed by atoms with E-state index in [9.17, 15) is 23.1 Å². The molecule has 1 aliphatic carbocycles. The molecule has 2 aromatic rings. The van der Waals surface area contributed by atoms with Gasteiger partial charge in [-0.25, -0.2) is 4.39 Å². The number of aliphatic carboxylic acids is 1. The molecule has 0 bridgehead atoms. The van der Waals surface area contributed by atoms with Crippen LogP contribution in [0, 0.1) is 23.6 Å². The number of alkyl halides is 2. The molecule has 4 rings (SSSR count). The van der Waals surface area contributed by atoms with Crippen molar-refractivity contribution in [3.05, 3.63) is 65.7 Å². The van der Waals surface area contributed by atoms with E-state index >= 15 is 0 Å². The van der Waals surface area contributed by atoms with Crippen molar-refractivity contribution < 1.29 is 23.1 Å². The topological polar surface area (TPSA) is 56.7 Å². The number of likely N-dealkylation sites (N-methyl/N-ethyl adjacent to an activating group) is 1. The number of benzene rings is 1. The van der Waals surface area contributed by atoms with Crippen molar-refractivity contribution in [1.29, 1.82) is 0 Å². The SMILES string of the molecule is CC(C)[C@H](C(=O)O)N(C)C1CC(CN2CCC(CCC(F)(F)c3ccccn3)CC2)C(c2cccc(F)c2)C1. The molecule has 1 saturated heterocycles. The van der Waals surface area contributed by atoms with Crippen LogP contribution in [0.3, 0.4) is 0 Å². The first-order valence-corrected chi connectivity index (χ1v) is 14.3. The normalized spacial score (nSPS) is 23.9. The fourth-order valence-electron chi connectivity index (χ4n) is 6.81. The Kier molecular flexibility index (Phi) is 9.70. The number of rotatable bonds is 11. The van der Waals surface area contributed by atoms with Gasteiger partial charge in [-0.05, 0) is 106 Å². The van der Waals surface area contributed by atoms with Gasteiger partial charge in [0.1, 0.15) is 17.6 Å². The van der Waals surface area contributed by atoms with Crippen LogP contribution in [0.2, 0.25) is 0 Å². The summed E-state index contributed by atoms with van der Waals surface area (Å²) in [4.78, 5) is 20.3. The summed E-state index contributed by atoms with van der Waals surface area (Å²) in [6, 6.07) is 11.0. The van der Waals surface area contributed by atoms with Gasteiger partial charge >= 0.3 is 5.97 Å². The highest BCUT2D eigenvalue weighted by Gasteiger charge is 2.42. The number of hydrogen-bond donors (Lipinski definition) is 1. The molecule has 8 heteroatoms. The lowest BCUT2D eigenvalue weighted by Gasteiger charge is -2.35. The Bertz CT molecular complexity index is 1080. The quantitative estimate of drug-likeness (QED) is 0.354. The number of halogens is 3. The molecular formula is C31H42F3N3O2. The predicted molar refractivity (Wildman–Crippen MR) is 146 cm³/mol. The van der Waals surface area contributed by atoms with Crippen molar-refractivity contribution in [2.75, 3.05) is 26.7 Å². The zero-order chi connectivity index (χ0) is 28.2. The van der Waals surface area contributed by atoms with Crippen molar-refractivity contribution in [3.8, 4) is 0 Å². The minimum absolute atomic E-state index is 0.0248. The molecule has 1 saturated carbocycles. The molecule has 5 nitrogen and oxygen atoms in total. The zero-order valence-electron chi connectivity index (χ0n) is 23.3. The predicted octanol–water partition coefficient (Wildman–Crippen LogP) is 6.41. The highest BCUT2D eigenvalue weighted by molar-refractivity contribution is 5.73. The minimum Gasteiger partial charge on any atom is -0.480 e. The van der Waals surface area contributed by atoms with Gasteiger partial charge in [-0.1, -0.05) is 32.0 Å². The van der Waals surface area contributed by atoms with Crippen LogP contribution in [-0.4, -0.2) is 64.6 Å². The number of carboxylic acids is 1. The Morgan fingerprint density at radius 1 is 1.15 bits per heavy atom. The summed E-state index contributed by atoms with van der Waals surface area (Å²) < 4.78 is 43.4. The molecule has 1 N–H and O–H groups in total. The van der Waals surface area contributed by atoms with Crippen LogP contribution < -0.4 is 0 Å². The lowest BCUT2D eigenvalue weighted by molar-refractivity contribution is -0.145. The maximum Gasteiger partial charge on any atom is 0.321 e. The number of pyridine rings is 1. The fraction of sp³-hybridized carbons (Fsp3) is 0.613. The van der Waals surface area contributed by atoms with Crippen molar-refractivity contribution >= 4 is 5.97 Å². The maximum absolute atomic E-state index is 14.6. The summed E-state index contributed by atoms with van der Waals surface area (Å²) in [5, 5.41) is 9.85. The summed E-state index contributed by atoms with van der Waals surface area (Å²) in [6.45, 7) is 6.43. The molecule has 1 aliphatic heterocycles. The smallest absolute Gasteiger partial charge is 0.321 e. The van der Waals surface area contributed by atoms with E-state index in [-0.39, 0.29) is 47.6 Å². The monoisotopic (exact) mass is 545 g/mol. The van der Waals surface area contributed by atoms with Crippen LogP contribution in [0.25, 0.3) is 0 Å². The van der Waals surface area contributed by atoms with Gasteiger partial charge < -0.3 is 10.0 Å². The minimum atomic E-state index is -2.91. The van der Waals surface area contributed by atoms with Crippen molar-refractivity contribution in [2.45, 2.75) is 76.3 Å². The third-order valence-corrected chi connectivity index (χ3v) is 8.95. The van der Waals surface area contributed by atoms with E-state index in [0.29, 0.717) is 6.42 Å². The van der Waals surface area contributed by atoms with Gasteiger partial charge in [0.05, 0.1) is 0 Å². The van der Waals surface area contributed by atoms with Gasteiger partial charge in [0.15, 0.2) is 0 Å². The largest absolute Gasteiger partial charge is 0.480 e. The molecule has 1 aromatic carbocycles. The summed E-state index contributed by atoms with van der Waals surface area (Å²) in [6.07, 6.45) is 5.11. The van der Waals surface area contributed by atoms with Crippen LogP contribution in [0.1, 0.15) is 69.5 Å². The molecule has 0 spiro atoms. The van der Waals surface area contributed by atoms with Crippen LogP contribution in [0.15, 0.2) is 48.7 Å². The Hall–Kier alpha value is -2.45. The molecule has 214 valence electrons. The van der Waals surface area contributed by atoms with Crippen LogP contribution in [0.4, 0.5) is 13.2 Å². The van der Waals surface area contributed by atoms with Gasteiger partial charge in [0, 0.05) is 25.2 Å². The van der Waals surface area contributed by atoms with E-state index in [4.69, 9.17) is 0 Å². The summed E-state index contributed by atoms with van der Waals surface area (Å²) in [7, 11) is 1.90. The number of carboxylic acid groups (broad SMARTS) is 1. The summed E-state index contributed by atoms with van der Waals surface area (Å²) in [5.74, 6) is -3.32.